The molecular weight excluding hydrogens is 178 g/mol. The summed E-state index contributed by atoms with van der Waals surface area (Å²) in [7, 11) is 0. The summed E-state index contributed by atoms with van der Waals surface area (Å²) in [6, 6.07) is 7.12. The maximum absolute atomic E-state index is 8.64. The molecule has 0 N–H and O–H groups in total. The van der Waals surface area contributed by atoms with Crippen molar-refractivity contribution in [1.82, 2.24) is 9.97 Å². The Kier molecular flexibility index (Phi) is 1.99. The van der Waals surface area contributed by atoms with E-state index < -0.39 is 0 Å². The van der Waals surface area contributed by atoms with Gasteiger partial charge in [0, 0.05) is 6.20 Å². The van der Waals surface area contributed by atoms with Gasteiger partial charge in [-0.05, 0) is 25.1 Å². The second kappa shape index (κ2) is 3.30. The standard InChI is InChI=1S/C10H7N3O/c1-7-2-3-9(14-7)10-12-5-4-8(6-11)13-10/h2-5H,1H3. The minimum atomic E-state index is 0.337. The molecule has 0 aliphatic carbocycles. The van der Waals surface area contributed by atoms with Crippen LogP contribution >= 0.6 is 0 Å². The first-order chi connectivity index (χ1) is 6.79. The number of aryl methyl sites for hydroxylation is 1. The van der Waals surface area contributed by atoms with Crippen molar-refractivity contribution in [2.45, 2.75) is 6.92 Å². The summed E-state index contributed by atoms with van der Waals surface area (Å²) in [6.45, 7) is 1.84. The predicted octanol–water partition coefficient (Wildman–Crippen LogP) is 1.92. The van der Waals surface area contributed by atoms with Gasteiger partial charge in [-0.2, -0.15) is 5.26 Å². The molecule has 0 saturated carbocycles. The zero-order chi connectivity index (χ0) is 9.97. The van der Waals surface area contributed by atoms with Crippen molar-refractivity contribution < 1.29 is 4.42 Å². The van der Waals surface area contributed by atoms with Gasteiger partial charge in [-0.15, -0.1) is 0 Å². The van der Waals surface area contributed by atoms with Gasteiger partial charge in [0.2, 0.25) is 0 Å². The van der Waals surface area contributed by atoms with Crippen molar-refractivity contribution in [3.8, 4) is 17.7 Å². The first kappa shape index (κ1) is 8.45. The van der Waals surface area contributed by atoms with Crippen LogP contribution < -0.4 is 0 Å². The van der Waals surface area contributed by atoms with E-state index in [2.05, 4.69) is 9.97 Å². The predicted molar refractivity (Wildman–Crippen MR) is 49.2 cm³/mol. The van der Waals surface area contributed by atoms with Crippen molar-refractivity contribution in [3.05, 3.63) is 35.9 Å². The van der Waals surface area contributed by atoms with Gasteiger partial charge in [-0.25, -0.2) is 9.97 Å². The monoisotopic (exact) mass is 185 g/mol. The van der Waals surface area contributed by atoms with Crippen LogP contribution in [0.2, 0.25) is 0 Å². The lowest BCUT2D eigenvalue weighted by Gasteiger charge is -1.94. The average Bonchev–Trinajstić information content (AvgIpc) is 2.65. The van der Waals surface area contributed by atoms with Gasteiger partial charge in [0.05, 0.1) is 0 Å². The van der Waals surface area contributed by atoms with Crippen LogP contribution in [-0.2, 0) is 0 Å². The fourth-order valence-corrected chi connectivity index (χ4v) is 1.09. The minimum Gasteiger partial charge on any atom is -0.458 e. The Bertz CT molecular complexity index is 496. The fourth-order valence-electron chi connectivity index (χ4n) is 1.09. The summed E-state index contributed by atoms with van der Waals surface area (Å²) in [5.41, 5.74) is 0.337. The van der Waals surface area contributed by atoms with E-state index in [1.54, 1.807) is 18.3 Å². The molecule has 2 aromatic heterocycles. The van der Waals surface area contributed by atoms with Crippen molar-refractivity contribution >= 4 is 0 Å². The molecule has 0 bridgehead atoms. The molecule has 2 heterocycles. The minimum absolute atomic E-state index is 0.337. The average molecular weight is 185 g/mol. The van der Waals surface area contributed by atoms with Gasteiger partial charge in [0.15, 0.2) is 11.6 Å². The Morgan fingerprint density at radius 2 is 2.21 bits per heavy atom. The summed E-state index contributed by atoms with van der Waals surface area (Å²) < 4.78 is 5.33. The van der Waals surface area contributed by atoms with Crippen LogP contribution in [0, 0.1) is 18.3 Å². The molecule has 4 nitrogen and oxygen atoms in total. The lowest BCUT2D eigenvalue weighted by molar-refractivity contribution is 0.544. The van der Waals surface area contributed by atoms with Gasteiger partial charge in [0.1, 0.15) is 17.5 Å². The lowest BCUT2D eigenvalue weighted by Crippen LogP contribution is -1.89. The fraction of sp³-hybridized carbons (Fsp3) is 0.100. The molecule has 0 saturated heterocycles. The molecule has 0 spiro atoms. The first-order valence-corrected chi connectivity index (χ1v) is 4.09. The van der Waals surface area contributed by atoms with Crippen LogP contribution in [0.5, 0.6) is 0 Å². The van der Waals surface area contributed by atoms with E-state index >= 15 is 0 Å². The van der Waals surface area contributed by atoms with Crippen LogP contribution in [0.3, 0.4) is 0 Å². The SMILES string of the molecule is Cc1ccc(-c2nccc(C#N)n2)o1. The second-order valence-electron chi connectivity index (χ2n) is 2.79. The molecule has 0 radical (unpaired) electrons. The van der Waals surface area contributed by atoms with Gasteiger partial charge in [-0.3, -0.25) is 0 Å². The van der Waals surface area contributed by atoms with Crippen LogP contribution in [-0.4, -0.2) is 9.97 Å². The molecule has 0 aliphatic rings. The van der Waals surface area contributed by atoms with Crippen molar-refractivity contribution in [1.29, 1.82) is 5.26 Å². The summed E-state index contributed by atoms with van der Waals surface area (Å²) in [5.74, 6) is 1.82. The summed E-state index contributed by atoms with van der Waals surface area (Å²) >= 11 is 0. The molecule has 68 valence electrons. The number of hydrogen-bond donors (Lipinski definition) is 0. The molecule has 0 aliphatic heterocycles. The Morgan fingerprint density at radius 1 is 1.36 bits per heavy atom. The highest BCUT2D eigenvalue weighted by atomic mass is 16.3. The highest BCUT2D eigenvalue weighted by Gasteiger charge is 2.05. The molecule has 0 atom stereocenters. The molecule has 14 heavy (non-hydrogen) atoms. The second-order valence-corrected chi connectivity index (χ2v) is 2.79. The topological polar surface area (TPSA) is 62.7 Å². The summed E-state index contributed by atoms with van der Waals surface area (Å²) in [5, 5.41) is 8.64. The number of aromatic nitrogens is 2. The largest absolute Gasteiger partial charge is 0.458 e. The normalized spacial score (nSPS) is 9.71. The molecule has 0 fully saturated rings. The summed E-state index contributed by atoms with van der Waals surface area (Å²) in [6.07, 6.45) is 1.54. The third-order valence-electron chi connectivity index (χ3n) is 1.73. The van der Waals surface area contributed by atoms with Crippen LogP contribution in [0.4, 0.5) is 0 Å². The van der Waals surface area contributed by atoms with Crippen molar-refractivity contribution in [3.63, 3.8) is 0 Å². The Labute approximate surface area is 80.8 Å². The van der Waals surface area contributed by atoms with E-state index in [0.29, 0.717) is 17.3 Å². The van der Waals surface area contributed by atoms with Gasteiger partial charge in [-0.1, -0.05) is 0 Å². The molecule has 0 aromatic carbocycles. The highest BCUT2D eigenvalue weighted by Crippen LogP contribution is 2.17. The number of nitrogens with zero attached hydrogens (tertiary/aromatic N) is 3. The van der Waals surface area contributed by atoms with Gasteiger partial charge >= 0.3 is 0 Å². The maximum Gasteiger partial charge on any atom is 0.196 e. The van der Waals surface area contributed by atoms with Crippen LogP contribution in [0.15, 0.2) is 28.8 Å². The van der Waals surface area contributed by atoms with E-state index in [4.69, 9.17) is 9.68 Å². The Hall–Kier alpha value is -2.15. The third-order valence-corrected chi connectivity index (χ3v) is 1.73. The zero-order valence-electron chi connectivity index (χ0n) is 7.56. The van der Waals surface area contributed by atoms with Crippen molar-refractivity contribution in [2.75, 3.05) is 0 Å². The van der Waals surface area contributed by atoms with Gasteiger partial charge < -0.3 is 4.42 Å². The molecule has 2 aromatic rings. The number of nitriles is 1. The highest BCUT2D eigenvalue weighted by molar-refractivity contribution is 5.47. The molecule has 2 rings (SSSR count). The van der Waals surface area contributed by atoms with E-state index in [1.807, 2.05) is 19.1 Å². The lowest BCUT2D eigenvalue weighted by atomic mass is 10.4. The quantitative estimate of drug-likeness (QED) is 0.680. The van der Waals surface area contributed by atoms with E-state index in [1.165, 1.54) is 0 Å². The molecular formula is C10H7N3O. The van der Waals surface area contributed by atoms with E-state index in [9.17, 15) is 0 Å². The zero-order valence-corrected chi connectivity index (χ0v) is 7.56. The smallest absolute Gasteiger partial charge is 0.196 e. The molecule has 0 amide bonds. The molecule has 4 heteroatoms. The van der Waals surface area contributed by atoms with Crippen LogP contribution in [0.1, 0.15) is 11.5 Å². The summed E-state index contributed by atoms with van der Waals surface area (Å²) in [4.78, 5) is 8.02. The number of rotatable bonds is 1. The Morgan fingerprint density at radius 3 is 2.86 bits per heavy atom. The maximum atomic E-state index is 8.64. The van der Waals surface area contributed by atoms with Gasteiger partial charge in [0.25, 0.3) is 0 Å². The number of hydrogen-bond acceptors (Lipinski definition) is 4. The van der Waals surface area contributed by atoms with E-state index in [-0.39, 0.29) is 0 Å². The van der Waals surface area contributed by atoms with Crippen molar-refractivity contribution in [2.24, 2.45) is 0 Å². The Balaban J connectivity index is 2.47. The molecule has 0 unspecified atom stereocenters. The first-order valence-electron chi connectivity index (χ1n) is 4.09. The number of furan rings is 1. The van der Waals surface area contributed by atoms with E-state index in [0.717, 1.165) is 5.76 Å². The van der Waals surface area contributed by atoms with Crippen LogP contribution in [0.25, 0.3) is 11.6 Å². The third kappa shape index (κ3) is 1.48.